The first-order valence-corrected chi connectivity index (χ1v) is 8.31. The minimum atomic E-state index is -0.430. The van der Waals surface area contributed by atoms with Crippen molar-refractivity contribution < 1.29 is 23.8 Å². The van der Waals surface area contributed by atoms with E-state index in [4.69, 9.17) is 14.2 Å². The Kier molecular flexibility index (Phi) is 4.44. The fourth-order valence-electron chi connectivity index (χ4n) is 2.38. The fraction of sp³-hybridized carbons (Fsp3) is 0.294. The van der Waals surface area contributed by atoms with Crippen LogP contribution in [0.15, 0.2) is 18.2 Å². The number of anilines is 1. The zero-order valence-corrected chi connectivity index (χ0v) is 14.4. The lowest BCUT2D eigenvalue weighted by Crippen LogP contribution is -2.14. The summed E-state index contributed by atoms with van der Waals surface area (Å²) in [7, 11) is 0. The number of thiophene rings is 1. The predicted molar refractivity (Wildman–Crippen MR) is 90.3 cm³/mol. The van der Waals surface area contributed by atoms with Gasteiger partial charge in [-0.15, -0.1) is 11.3 Å². The van der Waals surface area contributed by atoms with Crippen molar-refractivity contribution in [1.29, 1.82) is 0 Å². The Labute approximate surface area is 143 Å². The Morgan fingerprint density at radius 1 is 1.25 bits per heavy atom. The van der Waals surface area contributed by atoms with E-state index in [0.29, 0.717) is 27.6 Å². The zero-order valence-electron chi connectivity index (χ0n) is 13.6. The van der Waals surface area contributed by atoms with Gasteiger partial charge in [0.15, 0.2) is 11.5 Å². The van der Waals surface area contributed by atoms with Crippen LogP contribution in [0.5, 0.6) is 11.5 Å². The summed E-state index contributed by atoms with van der Waals surface area (Å²) >= 11 is 1.35. The van der Waals surface area contributed by atoms with Crippen molar-refractivity contribution in [2.24, 2.45) is 0 Å². The lowest BCUT2D eigenvalue weighted by atomic mass is 10.1. The van der Waals surface area contributed by atoms with Crippen molar-refractivity contribution >= 4 is 28.2 Å². The van der Waals surface area contributed by atoms with Crippen molar-refractivity contribution in [3.8, 4) is 11.5 Å². The van der Waals surface area contributed by atoms with Gasteiger partial charge in [-0.1, -0.05) is 0 Å². The number of nitrogens with one attached hydrogen (secondary N) is 1. The molecule has 1 aliphatic rings. The quantitative estimate of drug-likeness (QED) is 0.857. The van der Waals surface area contributed by atoms with Gasteiger partial charge in [0.05, 0.1) is 12.2 Å². The molecule has 1 aromatic heterocycles. The fourth-order valence-corrected chi connectivity index (χ4v) is 3.42. The molecule has 2 heterocycles. The van der Waals surface area contributed by atoms with Gasteiger partial charge in [0.2, 0.25) is 6.79 Å². The monoisotopic (exact) mass is 347 g/mol. The molecule has 0 radical (unpaired) electrons. The molecule has 0 aliphatic carbocycles. The normalized spacial score (nSPS) is 12.1. The Morgan fingerprint density at radius 2 is 2.00 bits per heavy atom. The van der Waals surface area contributed by atoms with Crippen LogP contribution in [0, 0.1) is 13.8 Å². The first-order chi connectivity index (χ1) is 11.5. The molecule has 0 fully saturated rings. The van der Waals surface area contributed by atoms with E-state index >= 15 is 0 Å². The zero-order chi connectivity index (χ0) is 17.3. The molecule has 0 spiro atoms. The number of carbonyl (C=O) groups excluding carboxylic acids is 2. The van der Waals surface area contributed by atoms with Crippen molar-refractivity contribution in [2.75, 3.05) is 18.7 Å². The van der Waals surface area contributed by atoms with Crippen LogP contribution in [0.1, 0.15) is 38.1 Å². The molecular formula is C17H17NO5S. The van der Waals surface area contributed by atoms with Gasteiger partial charge >= 0.3 is 5.97 Å². The van der Waals surface area contributed by atoms with Gasteiger partial charge in [0, 0.05) is 10.4 Å². The lowest BCUT2D eigenvalue weighted by molar-refractivity contribution is 0.0527. The number of hydrogen-bond acceptors (Lipinski definition) is 6. The lowest BCUT2D eigenvalue weighted by Gasteiger charge is -2.07. The van der Waals surface area contributed by atoms with Crippen LogP contribution in [0.25, 0.3) is 0 Å². The first kappa shape index (κ1) is 16.3. The molecule has 24 heavy (non-hydrogen) atoms. The summed E-state index contributed by atoms with van der Waals surface area (Å²) in [5.74, 6) is 0.397. The van der Waals surface area contributed by atoms with Crippen LogP contribution >= 0.6 is 11.3 Å². The average Bonchev–Trinajstić information content (AvgIpc) is 3.12. The van der Waals surface area contributed by atoms with Gasteiger partial charge in [-0.05, 0) is 44.5 Å². The maximum absolute atomic E-state index is 12.5. The molecule has 1 amide bonds. The van der Waals surface area contributed by atoms with Gasteiger partial charge in [-0.2, -0.15) is 0 Å². The Balaban J connectivity index is 1.87. The van der Waals surface area contributed by atoms with E-state index in [2.05, 4.69) is 5.32 Å². The third kappa shape index (κ3) is 2.94. The summed E-state index contributed by atoms with van der Waals surface area (Å²) in [6.07, 6.45) is 0. The molecule has 0 unspecified atom stereocenters. The highest BCUT2D eigenvalue weighted by atomic mass is 32.1. The molecule has 0 saturated heterocycles. The van der Waals surface area contributed by atoms with Gasteiger partial charge < -0.3 is 19.5 Å². The minimum Gasteiger partial charge on any atom is -0.462 e. The number of esters is 1. The summed E-state index contributed by atoms with van der Waals surface area (Å²) in [4.78, 5) is 25.6. The topological polar surface area (TPSA) is 73.9 Å². The second-order valence-corrected chi connectivity index (χ2v) is 6.45. The van der Waals surface area contributed by atoms with Gasteiger partial charge in [0.1, 0.15) is 5.00 Å². The van der Waals surface area contributed by atoms with E-state index in [1.165, 1.54) is 11.3 Å². The van der Waals surface area contributed by atoms with Gasteiger partial charge in [-0.3, -0.25) is 4.79 Å². The SMILES string of the molecule is CCOC(=O)c1c(NC(=O)c2ccc3c(c2)OCO3)sc(C)c1C. The smallest absolute Gasteiger partial charge is 0.341 e. The third-order valence-corrected chi connectivity index (χ3v) is 4.85. The summed E-state index contributed by atoms with van der Waals surface area (Å²) < 4.78 is 15.6. The van der Waals surface area contributed by atoms with E-state index in [1.807, 2.05) is 13.8 Å². The number of benzene rings is 1. The highest BCUT2D eigenvalue weighted by molar-refractivity contribution is 7.16. The molecule has 7 heteroatoms. The molecule has 2 aromatic rings. The molecule has 0 bridgehead atoms. The second-order valence-electron chi connectivity index (χ2n) is 5.23. The Hall–Kier alpha value is -2.54. The van der Waals surface area contributed by atoms with E-state index in [-0.39, 0.29) is 19.3 Å². The van der Waals surface area contributed by atoms with E-state index in [9.17, 15) is 9.59 Å². The summed E-state index contributed by atoms with van der Waals surface area (Å²) in [6, 6.07) is 4.96. The van der Waals surface area contributed by atoms with Gasteiger partial charge in [-0.25, -0.2) is 4.79 Å². The van der Waals surface area contributed by atoms with Crippen LogP contribution < -0.4 is 14.8 Å². The van der Waals surface area contributed by atoms with Gasteiger partial charge in [0.25, 0.3) is 5.91 Å². The molecule has 126 valence electrons. The van der Waals surface area contributed by atoms with Crippen LogP contribution in [0.4, 0.5) is 5.00 Å². The molecule has 0 atom stereocenters. The van der Waals surface area contributed by atoms with Crippen LogP contribution in [-0.2, 0) is 4.74 Å². The Bertz CT molecular complexity index is 812. The summed E-state index contributed by atoms with van der Waals surface area (Å²) in [5.41, 5.74) is 1.66. The molecule has 1 aliphatic heterocycles. The maximum Gasteiger partial charge on any atom is 0.341 e. The molecule has 1 N–H and O–H groups in total. The third-order valence-electron chi connectivity index (χ3n) is 3.73. The van der Waals surface area contributed by atoms with Crippen LogP contribution in [0.3, 0.4) is 0 Å². The largest absolute Gasteiger partial charge is 0.462 e. The minimum absolute atomic E-state index is 0.150. The van der Waals surface area contributed by atoms with E-state index in [0.717, 1.165) is 10.4 Å². The summed E-state index contributed by atoms with van der Waals surface area (Å²) in [5, 5.41) is 3.29. The maximum atomic E-state index is 12.5. The number of hydrogen-bond donors (Lipinski definition) is 1. The molecule has 0 saturated carbocycles. The Morgan fingerprint density at radius 3 is 2.75 bits per heavy atom. The second kappa shape index (κ2) is 6.52. The number of ether oxygens (including phenoxy) is 3. The highest BCUT2D eigenvalue weighted by Crippen LogP contribution is 2.35. The highest BCUT2D eigenvalue weighted by Gasteiger charge is 2.23. The average molecular weight is 347 g/mol. The van der Waals surface area contributed by atoms with Crippen LogP contribution in [-0.4, -0.2) is 25.3 Å². The molecule has 1 aromatic carbocycles. The molecule has 6 nitrogen and oxygen atoms in total. The van der Waals surface area contributed by atoms with Crippen molar-refractivity contribution in [1.82, 2.24) is 0 Å². The van der Waals surface area contributed by atoms with E-state index in [1.54, 1.807) is 25.1 Å². The number of amides is 1. The number of aryl methyl sites for hydroxylation is 1. The molecular weight excluding hydrogens is 330 g/mol. The number of fused-ring (bicyclic) bond motifs is 1. The van der Waals surface area contributed by atoms with Crippen molar-refractivity contribution in [3.63, 3.8) is 0 Å². The predicted octanol–water partition coefficient (Wildman–Crippen LogP) is 3.52. The molecule has 3 rings (SSSR count). The van der Waals surface area contributed by atoms with Crippen molar-refractivity contribution in [3.05, 3.63) is 39.8 Å². The first-order valence-electron chi connectivity index (χ1n) is 7.49. The summed E-state index contributed by atoms with van der Waals surface area (Å²) in [6.45, 7) is 5.92. The van der Waals surface area contributed by atoms with E-state index < -0.39 is 5.97 Å². The number of rotatable bonds is 4. The standard InChI is InChI=1S/C17H17NO5S/c1-4-21-17(20)14-9(2)10(3)24-16(14)18-15(19)11-5-6-12-13(7-11)23-8-22-12/h5-7H,4,8H2,1-3H3,(H,18,19). The number of carbonyl (C=O) groups is 2. The van der Waals surface area contributed by atoms with Crippen molar-refractivity contribution in [2.45, 2.75) is 20.8 Å². The van der Waals surface area contributed by atoms with Crippen LogP contribution in [0.2, 0.25) is 0 Å².